The highest BCUT2D eigenvalue weighted by Crippen LogP contribution is 2.37. The van der Waals surface area contributed by atoms with Crippen molar-refractivity contribution in [1.29, 1.82) is 0 Å². The molecule has 0 unspecified atom stereocenters. The van der Waals surface area contributed by atoms with E-state index in [0.717, 1.165) is 16.7 Å². The molecule has 3 aliphatic rings. The molecule has 17 heteroatoms. The quantitative estimate of drug-likeness (QED) is 0.0725. The molecule has 17 nitrogen and oxygen atoms in total. The van der Waals surface area contributed by atoms with Gasteiger partial charge in [0.15, 0.2) is 18.9 Å². The number of nitrogens with zero attached hydrogens (tertiary/aromatic N) is 3. The van der Waals surface area contributed by atoms with E-state index in [1.165, 1.54) is 13.8 Å². The summed E-state index contributed by atoms with van der Waals surface area (Å²) in [5, 5.41) is 21.2. The summed E-state index contributed by atoms with van der Waals surface area (Å²) in [6, 6.07) is 24.2. The first kappa shape index (κ1) is 42.9. The molecule has 2 amide bonds. The van der Waals surface area contributed by atoms with Crippen LogP contribution in [0.2, 0.25) is 0 Å². The molecule has 3 N–H and O–H groups in total. The summed E-state index contributed by atoms with van der Waals surface area (Å²) in [4.78, 5) is 28.3. The SMILES string of the molecule is COc1ccc(CO[C@@H]2[C@@H](NC(C)=O)[C@H](OCCCN=[N+]=[N-])O[C@H](COCc3ccccc3)[C@H]2O[C@@H]2O[C@@H]3CO[C@@H](c4ccccc4)O[C@H]3[C@H](O)[C@H]2NC(C)=O)cc1. The number of aliphatic hydroxyl groups excluding tert-OH is 1. The molecule has 0 radical (unpaired) electrons. The van der Waals surface area contributed by atoms with Crippen LogP contribution in [0.3, 0.4) is 0 Å². The maximum Gasteiger partial charge on any atom is 0.217 e. The Labute approximate surface area is 336 Å². The van der Waals surface area contributed by atoms with E-state index in [0.29, 0.717) is 12.2 Å². The van der Waals surface area contributed by atoms with Gasteiger partial charge in [0.25, 0.3) is 0 Å². The van der Waals surface area contributed by atoms with Gasteiger partial charge in [0.05, 0.1) is 33.5 Å². The number of azide groups is 1. The highest BCUT2D eigenvalue weighted by molar-refractivity contribution is 5.73. The first-order valence-corrected chi connectivity index (χ1v) is 19.2. The fraction of sp³-hybridized carbons (Fsp3) is 0.512. The topological polar surface area (TPSA) is 210 Å². The molecule has 0 bridgehead atoms. The van der Waals surface area contributed by atoms with Crippen LogP contribution < -0.4 is 15.4 Å². The summed E-state index contributed by atoms with van der Waals surface area (Å²) in [7, 11) is 1.58. The maximum atomic E-state index is 12.8. The van der Waals surface area contributed by atoms with Crippen LogP contribution in [-0.2, 0) is 60.7 Å². The molecule has 0 saturated carbocycles. The molecular formula is C41H51N5O12. The molecule has 0 spiro atoms. The van der Waals surface area contributed by atoms with Crippen molar-refractivity contribution in [3.8, 4) is 5.75 Å². The summed E-state index contributed by atoms with van der Waals surface area (Å²) in [6.07, 6.45) is -8.65. The number of hydrogen-bond acceptors (Lipinski definition) is 13. The molecule has 0 aromatic heterocycles. The Balaban J connectivity index is 1.32. The Hall–Kier alpha value is -4.65. The Morgan fingerprint density at radius 1 is 0.845 bits per heavy atom. The van der Waals surface area contributed by atoms with Crippen molar-refractivity contribution in [2.24, 2.45) is 5.11 Å². The van der Waals surface area contributed by atoms with Gasteiger partial charge in [-0.05, 0) is 35.2 Å². The number of benzene rings is 3. The Morgan fingerprint density at radius 2 is 1.53 bits per heavy atom. The molecule has 3 aromatic rings. The molecule has 58 heavy (non-hydrogen) atoms. The average molecular weight is 806 g/mol. The van der Waals surface area contributed by atoms with Crippen LogP contribution >= 0.6 is 0 Å². The van der Waals surface area contributed by atoms with Crippen molar-refractivity contribution in [3.05, 3.63) is 112 Å². The van der Waals surface area contributed by atoms with Crippen molar-refractivity contribution in [3.63, 3.8) is 0 Å². The van der Waals surface area contributed by atoms with Crippen LogP contribution in [0, 0.1) is 0 Å². The lowest BCUT2D eigenvalue weighted by molar-refractivity contribution is -0.368. The summed E-state index contributed by atoms with van der Waals surface area (Å²) in [5.74, 6) is -0.163. The van der Waals surface area contributed by atoms with Crippen molar-refractivity contribution < 1.29 is 57.3 Å². The third-order valence-electron chi connectivity index (χ3n) is 9.86. The van der Waals surface area contributed by atoms with Gasteiger partial charge in [0.1, 0.15) is 54.5 Å². The van der Waals surface area contributed by atoms with E-state index in [4.69, 9.17) is 48.2 Å². The molecule has 6 rings (SSSR count). The third-order valence-corrected chi connectivity index (χ3v) is 9.86. The van der Waals surface area contributed by atoms with E-state index < -0.39 is 73.5 Å². The Morgan fingerprint density at radius 3 is 2.22 bits per heavy atom. The second-order valence-corrected chi connectivity index (χ2v) is 14.1. The second kappa shape index (κ2) is 21.4. The largest absolute Gasteiger partial charge is 0.497 e. The van der Waals surface area contributed by atoms with Gasteiger partial charge >= 0.3 is 0 Å². The molecule has 3 saturated heterocycles. The number of rotatable bonds is 18. The minimum absolute atomic E-state index is 0.0234. The summed E-state index contributed by atoms with van der Waals surface area (Å²) >= 11 is 0. The van der Waals surface area contributed by atoms with Crippen molar-refractivity contribution in [1.82, 2.24) is 10.6 Å². The second-order valence-electron chi connectivity index (χ2n) is 14.1. The number of amides is 2. The molecule has 11 atom stereocenters. The van der Waals surface area contributed by atoms with Crippen LogP contribution in [0.15, 0.2) is 90.0 Å². The van der Waals surface area contributed by atoms with E-state index in [1.807, 2.05) is 72.8 Å². The van der Waals surface area contributed by atoms with Gasteiger partial charge < -0.3 is 58.4 Å². The van der Waals surface area contributed by atoms with Crippen LogP contribution in [-0.4, -0.2) is 112 Å². The molecule has 3 heterocycles. The van der Waals surface area contributed by atoms with Crippen LogP contribution in [0.5, 0.6) is 5.75 Å². The molecule has 3 aliphatic heterocycles. The third kappa shape index (κ3) is 11.5. The predicted octanol–water partition coefficient (Wildman–Crippen LogP) is 3.83. The molecule has 312 valence electrons. The monoisotopic (exact) mass is 805 g/mol. The maximum absolute atomic E-state index is 12.8. The van der Waals surface area contributed by atoms with Gasteiger partial charge in [-0.15, -0.1) is 0 Å². The number of carbonyl (C=O) groups is 2. The lowest BCUT2D eigenvalue weighted by Crippen LogP contribution is -2.70. The molecule has 0 aliphatic carbocycles. The number of nitrogens with one attached hydrogen (secondary N) is 2. The summed E-state index contributed by atoms with van der Waals surface area (Å²) in [6.45, 7) is 3.35. The lowest BCUT2D eigenvalue weighted by atomic mass is 9.93. The Bertz CT molecular complexity index is 1790. The average Bonchev–Trinajstić information content (AvgIpc) is 3.23. The lowest BCUT2D eigenvalue weighted by Gasteiger charge is -2.51. The molecular weight excluding hydrogens is 754 g/mol. The molecule has 3 aromatic carbocycles. The van der Waals surface area contributed by atoms with Gasteiger partial charge in [-0.2, -0.15) is 0 Å². The first-order chi connectivity index (χ1) is 28.2. The number of hydrogen-bond donors (Lipinski definition) is 3. The number of methoxy groups -OCH3 is 1. The van der Waals surface area contributed by atoms with Gasteiger partial charge in [-0.25, -0.2) is 0 Å². The van der Waals surface area contributed by atoms with E-state index in [9.17, 15) is 14.7 Å². The smallest absolute Gasteiger partial charge is 0.217 e. The number of carbonyl (C=O) groups excluding carboxylic acids is 2. The number of aliphatic hydroxyl groups is 1. The van der Waals surface area contributed by atoms with Crippen LogP contribution in [0.25, 0.3) is 10.4 Å². The van der Waals surface area contributed by atoms with E-state index in [2.05, 4.69) is 20.7 Å². The van der Waals surface area contributed by atoms with Crippen molar-refractivity contribution in [2.75, 3.05) is 33.5 Å². The van der Waals surface area contributed by atoms with Gasteiger partial charge in [0.2, 0.25) is 11.8 Å². The van der Waals surface area contributed by atoms with Gasteiger partial charge in [-0.1, -0.05) is 77.9 Å². The standard InChI is InChI=1S/C41H51N5O12/c1-25(47)44-33-35(49)36-32(24-54-39(57-36)29-13-8-5-9-14-29)56-41(33)58-37-31(23-51-21-27-11-6-4-7-12-27)55-40(52-20-10-19-43-46-42)34(45-26(2)48)38(37)53-22-28-15-17-30(50-3)18-16-28/h4-9,11-18,31-41,49H,10,19-24H2,1-3H3,(H,44,47)(H,45,48)/t31-,32-,33-,34-,35-,36-,37-,38-,39-,40-,41+/m1/s1. The van der Waals surface area contributed by atoms with Gasteiger partial charge in [0, 0.05) is 37.5 Å². The van der Waals surface area contributed by atoms with E-state index >= 15 is 0 Å². The zero-order chi connectivity index (χ0) is 40.9. The zero-order valence-corrected chi connectivity index (χ0v) is 32.7. The normalized spacial score (nSPS) is 29.3. The minimum atomic E-state index is -1.29. The Kier molecular flexibility index (Phi) is 15.8. The van der Waals surface area contributed by atoms with Crippen molar-refractivity contribution in [2.45, 2.75) is 101 Å². The van der Waals surface area contributed by atoms with E-state index in [1.54, 1.807) is 19.2 Å². The van der Waals surface area contributed by atoms with Crippen molar-refractivity contribution >= 4 is 11.8 Å². The van der Waals surface area contributed by atoms with E-state index in [-0.39, 0.29) is 45.5 Å². The van der Waals surface area contributed by atoms with Gasteiger partial charge in [-0.3, -0.25) is 9.59 Å². The zero-order valence-electron chi connectivity index (χ0n) is 32.7. The fourth-order valence-corrected chi connectivity index (χ4v) is 7.12. The number of ether oxygens (including phenoxy) is 9. The number of fused-ring (bicyclic) bond motifs is 1. The highest BCUT2D eigenvalue weighted by atomic mass is 16.8. The molecule has 3 fully saturated rings. The fourth-order valence-electron chi connectivity index (χ4n) is 7.12. The van der Waals surface area contributed by atoms with Crippen LogP contribution in [0.1, 0.15) is 43.2 Å². The minimum Gasteiger partial charge on any atom is -0.497 e. The highest BCUT2D eigenvalue weighted by Gasteiger charge is 2.54. The summed E-state index contributed by atoms with van der Waals surface area (Å²) in [5.41, 5.74) is 11.3. The summed E-state index contributed by atoms with van der Waals surface area (Å²) < 4.78 is 56.6. The predicted molar refractivity (Wildman–Crippen MR) is 206 cm³/mol. The van der Waals surface area contributed by atoms with Crippen LogP contribution in [0.4, 0.5) is 0 Å². The first-order valence-electron chi connectivity index (χ1n) is 19.2.